The van der Waals surface area contributed by atoms with E-state index in [1.165, 1.54) is 0 Å². The highest BCUT2D eigenvalue weighted by atomic mass is 15.1. The molecule has 0 atom stereocenters. The van der Waals surface area contributed by atoms with Gasteiger partial charge in [0, 0.05) is 33.5 Å². The zero-order valence-electron chi connectivity index (χ0n) is 27.8. The van der Waals surface area contributed by atoms with Crippen molar-refractivity contribution in [2.45, 2.75) is 0 Å². The quantitative estimate of drug-likeness (QED) is 0.172. The van der Waals surface area contributed by atoms with Crippen molar-refractivity contribution in [3.63, 3.8) is 0 Å². The Labute approximate surface area is 297 Å². The van der Waals surface area contributed by atoms with Gasteiger partial charge >= 0.3 is 0 Å². The molecule has 7 aromatic carbocycles. The van der Waals surface area contributed by atoms with Gasteiger partial charge in [0.1, 0.15) is 5.82 Å². The fraction of sp³-hybridized carbons (Fsp3) is 0. The van der Waals surface area contributed by atoms with Crippen LogP contribution >= 0.6 is 0 Å². The van der Waals surface area contributed by atoms with E-state index in [1.54, 1.807) is 0 Å². The molecule has 9 aromatic rings. The summed E-state index contributed by atoms with van der Waals surface area (Å²) < 4.78 is 2.23. The molecule has 4 nitrogen and oxygen atoms in total. The first kappa shape index (κ1) is 30.2. The second kappa shape index (κ2) is 13.2. The zero-order chi connectivity index (χ0) is 34.0. The molecule has 0 aliphatic heterocycles. The van der Waals surface area contributed by atoms with Crippen molar-refractivity contribution >= 4 is 11.0 Å². The topological polar surface area (TPSA) is 43.6 Å². The fourth-order valence-electron chi connectivity index (χ4n) is 6.76. The average Bonchev–Trinajstić information content (AvgIpc) is 3.62. The van der Waals surface area contributed by atoms with E-state index in [4.69, 9.17) is 15.0 Å². The molecule has 0 saturated heterocycles. The summed E-state index contributed by atoms with van der Waals surface area (Å²) in [5, 5.41) is 0. The van der Waals surface area contributed by atoms with Gasteiger partial charge in [0.15, 0.2) is 5.82 Å². The van der Waals surface area contributed by atoms with Gasteiger partial charge in [0.2, 0.25) is 0 Å². The number of para-hydroxylation sites is 3. The molecule has 0 radical (unpaired) electrons. The SMILES string of the molecule is c1ccc(-c2nc(-c3ccc(-c4ccc(-c5nc6ccccc6n5-c5ccccc5)cc4)cc3)nc(-c3ccccc3)c2-c2ccccc2)cc1. The molecule has 0 N–H and O–H groups in total. The van der Waals surface area contributed by atoms with Gasteiger partial charge in [-0.1, -0.05) is 170 Å². The number of aromatic nitrogens is 4. The van der Waals surface area contributed by atoms with Gasteiger partial charge in [-0.05, 0) is 41.0 Å². The first-order valence-corrected chi connectivity index (χ1v) is 17.1. The number of fused-ring (bicyclic) bond motifs is 1. The second-order valence-electron chi connectivity index (χ2n) is 12.5. The molecule has 2 aromatic heterocycles. The van der Waals surface area contributed by atoms with Crippen LogP contribution in [0.5, 0.6) is 0 Å². The van der Waals surface area contributed by atoms with Crippen LogP contribution in [-0.2, 0) is 0 Å². The number of benzene rings is 7. The lowest BCUT2D eigenvalue weighted by Crippen LogP contribution is -2.00. The monoisotopic (exact) mass is 652 g/mol. The van der Waals surface area contributed by atoms with Gasteiger partial charge < -0.3 is 0 Å². The number of rotatable bonds is 7. The molecular formula is C47H32N4. The highest BCUT2D eigenvalue weighted by Crippen LogP contribution is 2.40. The normalized spacial score (nSPS) is 11.1. The maximum Gasteiger partial charge on any atom is 0.160 e. The minimum absolute atomic E-state index is 0.689. The molecule has 0 saturated carbocycles. The first-order chi connectivity index (χ1) is 25.3. The lowest BCUT2D eigenvalue weighted by molar-refractivity contribution is 1.10. The van der Waals surface area contributed by atoms with Crippen LogP contribution in [0.2, 0.25) is 0 Å². The van der Waals surface area contributed by atoms with Crippen molar-refractivity contribution in [1.82, 2.24) is 19.5 Å². The van der Waals surface area contributed by atoms with Crippen LogP contribution in [0.4, 0.5) is 0 Å². The molecule has 0 fully saturated rings. The highest BCUT2D eigenvalue weighted by molar-refractivity contribution is 5.92. The van der Waals surface area contributed by atoms with Gasteiger partial charge in [0.05, 0.1) is 22.4 Å². The maximum absolute atomic E-state index is 5.25. The molecule has 51 heavy (non-hydrogen) atoms. The Bertz CT molecular complexity index is 2520. The summed E-state index contributed by atoms with van der Waals surface area (Å²) >= 11 is 0. The van der Waals surface area contributed by atoms with Crippen molar-refractivity contribution < 1.29 is 0 Å². The van der Waals surface area contributed by atoms with Crippen LogP contribution in [0.25, 0.3) is 84.3 Å². The minimum Gasteiger partial charge on any atom is -0.292 e. The van der Waals surface area contributed by atoms with Crippen LogP contribution in [0.1, 0.15) is 0 Å². The molecule has 240 valence electrons. The molecule has 2 heterocycles. The summed E-state index contributed by atoms with van der Waals surface area (Å²) in [7, 11) is 0. The standard InChI is InChI=1S/C47H32N4/c1-5-15-35(16-6-1)43-44(36-17-7-2-8-18-36)49-46(50-45(43)37-19-9-3-10-20-37)38-29-25-33(26-30-38)34-27-31-39(32-28-34)47-48-41-23-13-14-24-42(41)51(47)40-21-11-4-12-22-40/h1-32H. The molecule has 0 aliphatic carbocycles. The van der Waals surface area contributed by atoms with E-state index in [-0.39, 0.29) is 0 Å². The van der Waals surface area contributed by atoms with Crippen molar-refractivity contribution in [1.29, 1.82) is 0 Å². The van der Waals surface area contributed by atoms with Crippen molar-refractivity contribution in [2.75, 3.05) is 0 Å². The van der Waals surface area contributed by atoms with Crippen LogP contribution < -0.4 is 0 Å². The largest absolute Gasteiger partial charge is 0.292 e. The summed E-state index contributed by atoms with van der Waals surface area (Å²) in [5.74, 6) is 1.61. The van der Waals surface area contributed by atoms with Crippen LogP contribution in [0, 0.1) is 0 Å². The molecule has 0 amide bonds. The molecule has 0 bridgehead atoms. The van der Waals surface area contributed by atoms with E-state index in [0.717, 1.165) is 78.4 Å². The summed E-state index contributed by atoms with van der Waals surface area (Å²) in [5.41, 5.74) is 13.4. The Morgan fingerprint density at radius 1 is 0.314 bits per heavy atom. The predicted molar refractivity (Wildman–Crippen MR) is 209 cm³/mol. The number of nitrogens with zero attached hydrogens (tertiary/aromatic N) is 4. The summed E-state index contributed by atoms with van der Waals surface area (Å²) in [6.07, 6.45) is 0. The average molecular weight is 653 g/mol. The zero-order valence-corrected chi connectivity index (χ0v) is 27.8. The van der Waals surface area contributed by atoms with Crippen LogP contribution in [0.3, 0.4) is 0 Å². The predicted octanol–water partition coefficient (Wildman–Crippen LogP) is 11.8. The number of hydrogen-bond acceptors (Lipinski definition) is 3. The fourth-order valence-corrected chi connectivity index (χ4v) is 6.76. The first-order valence-electron chi connectivity index (χ1n) is 17.1. The number of hydrogen-bond donors (Lipinski definition) is 0. The molecule has 0 spiro atoms. The third-order valence-corrected chi connectivity index (χ3v) is 9.26. The Balaban J connectivity index is 1.10. The van der Waals surface area contributed by atoms with Crippen LogP contribution in [-0.4, -0.2) is 19.5 Å². The lowest BCUT2D eigenvalue weighted by Gasteiger charge is -2.17. The van der Waals surface area contributed by atoms with Gasteiger partial charge in [-0.2, -0.15) is 0 Å². The van der Waals surface area contributed by atoms with Crippen molar-refractivity contribution in [3.05, 3.63) is 194 Å². The van der Waals surface area contributed by atoms with E-state index in [9.17, 15) is 0 Å². The van der Waals surface area contributed by atoms with E-state index < -0.39 is 0 Å². The Hall–Kier alpha value is -6.91. The highest BCUT2D eigenvalue weighted by Gasteiger charge is 2.20. The van der Waals surface area contributed by atoms with Crippen LogP contribution in [0.15, 0.2) is 194 Å². The van der Waals surface area contributed by atoms with Gasteiger partial charge in [-0.25, -0.2) is 15.0 Å². The minimum atomic E-state index is 0.689. The maximum atomic E-state index is 5.25. The Kier molecular flexibility index (Phi) is 7.80. The molecular weight excluding hydrogens is 621 g/mol. The number of imidazole rings is 1. The summed E-state index contributed by atoms with van der Waals surface area (Å²) in [6.45, 7) is 0. The van der Waals surface area contributed by atoms with E-state index >= 15 is 0 Å². The smallest absolute Gasteiger partial charge is 0.160 e. The molecule has 4 heteroatoms. The molecule has 9 rings (SSSR count). The second-order valence-corrected chi connectivity index (χ2v) is 12.5. The van der Waals surface area contributed by atoms with Crippen molar-refractivity contribution in [2.24, 2.45) is 0 Å². The summed E-state index contributed by atoms with van der Waals surface area (Å²) in [6, 6.07) is 67.2. The van der Waals surface area contributed by atoms with E-state index in [2.05, 4.69) is 168 Å². The molecule has 0 aliphatic rings. The van der Waals surface area contributed by atoms with Crippen molar-refractivity contribution in [3.8, 4) is 73.2 Å². The van der Waals surface area contributed by atoms with E-state index in [0.29, 0.717) is 5.82 Å². The van der Waals surface area contributed by atoms with E-state index in [1.807, 2.05) is 30.3 Å². The Morgan fingerprint density at radius 2 is 0.745 bits per heavy atom. The third kappa shape index (κ3) is 5.79. The van der Waals surface area contributed by atoms with Gasteiger partial charge in [-0.3, -0.25) is 4.57 Å². The van der Waals surface area contributed by atoms with Gasteiger partial charge in [0.25, 0.3) is 0 Å². The lowest BCUT2D eigenvalue weighted by atomic mass is 9.94. The third-order valence-electron chi connectivity index (χ3n) is 9.26. The molecule has 0 unspecified atom stereocenters. The van der Waals surface area contributed by atoms with Gasteiger partial charge in [-0.15, -0.1) is 0 Å². The summed E-state index contributed by atoms with van der Waals surface area (Å²) in [4.78, 5) is 15.5. The Morgan fingerprint density at radius 3 is 1.29 bits per heavy atom.